The molecule has 2 aliphatic heterocycles. The van der Waals surface area contributed by atoms with Crippen LogP contribution in [-0.4, -0.2) is 57.7 Å². The molecule has 25 heavy (non-hydrogen) atoms. The lowest BCUT2D eigenvalue weighted by atomic mass is 10.2. The van der Waals surface area contributed by atoms with Crippen molar-refractivity contribution in [2.24, 2.45) is 0 Å². The molecule has 0 spiro atoms. The van der Waals surface area contributed by atoms with E-state index in [0.29, 0.717) is 19.5 Å². The molecule has 3 heterocycles. The summed E-state index contributed by atoms with van der Waals surface area (Å²) in [6, 6.07) is -0.284. The largest absolute Gasteiger partial charge is 0.346 e. The van der Waals surface area contributed by atoms with Gasteiger partial charge in [0.1, 0.15) is 12.4 Å². The second-order valence-corrected chi connectivity index (χ2v) is 9.19. The van der Waals surface area contributed by atoms with Crippen molar-refractivity contribution in [1.82, 2.24) is 19.2 Å². The lowest BCUT2D eigenvalue weighted by Crippen LogP contribution is -2.44. The quantitative estimate of drug-likeness (QED) is 0.738. The van der Waals surface area contributed by atoms with Crippen LogP contribution in [0.1, 0.15) is 44.9 Å². The molecule has 3 rings (SSSR count). The molecule has 1 atom stereocenters. The van der Waals surface area contributed by atoms with E-state index < -0.39 is 9.84 Å². The summed E-state index contributed by atoms with van der Waals surface area (Å²) in [5.41, 5.74) is -0.235. The molecule has 1 aromatic rings. The van der Waals surface area contributed by atoms with Crippen LogP contribution in [0.4, 0.5) is 0 Å². The number of nitrogens with zero attached hydrogens (tertiary/aromatic N) is 4. The van der Waals surface area contributed by atoms with Crippen molar-refractivity contribution < 1.29 is 13.2 Å². The van der Waals surface area contributed by atoms with Crippen molar-refractivity contribution >= 4 is 15.7 Å². The van der Waals surface area contributed by atoms with Gasteiger partial charge >= 0.3 is 5.69 Å². The van der Waals surface area contributed by atoms with E-state index in [0.717, 1.165) is 37.9 Å². The topological polar surface area (TPSA) is 94.3 Å². The first-order chi connectivity index (χ1) is 11.9. The zero-order chi connectivity index (χ0) is 18.0. The molecule has 1 fully saturated rings. The molecule has 0 aliphatic carbocycles. The van der Waals surface area contributed by atoms with E-state index in [1.165, 1.54) is 4.68 Å². The Kier molecular flexibility index (Phi) is 5.31. The number of carbonyl (C=O) groups is 1. The fourth-order valence-electron chi connectivity index (χ4n) is 3.72. The van der Waals surface area contributed by atoms with Crippen molar-refractivity contribution in [2.45, 2.75) is 64.6 Å². The number of sulfone groups is 1. The lowest BCUT2D eigenvalue weighted by molar-refractivity contribution is -0.134. The summed E-state index contributed by atoms with van der Waals surface area (Å²) in [4.78, 5) is 26.9. The lowest BCUT2D eigenvalue weighted by Gasteiger charge is -2.27. The molecule has 0 aromatic carbocycles. The van der Waals surface area contributed by atoms with E-state index in [-0.39, 0.29) is 35.7 Å². The summed E-state index contributed by atoms with van der Waals surface area (Å²) < 4.78 is 26.4. The molecule has 9 heteroatoms. The predicted molar refractivity (Wildman–Crippen MR) is 93.1 cm³/mol. The van der Waals surface area contributed by atoms with Crippen LogP contribution < -0.4 is 5.69 Å². The monoisotopic (exact) mass is 370 g/mol. The van der Waals surface area contributed by atoms with Crippen LogP contribution in [0.2, 0.25) is 0 Å². The van der Waals surface area contributed by atoms with Crippen LogP contribution >= 0.6 is 0 Å². The number of carbonyl (C=O) groups excluding carboxylic acids is 1. The first-order valence-electron chi connectivity index (χ1n) is 9.07. The van der Waals surface area contributed by atoms with Gasteiger partial charge in [0.15, 0.2) is 9.84 Å². The van der Waals surface area contributed by atoms with E-state index in [4.69, 9.17) is 0 Å². The van der Waals surface area contributed by atoms with E-state index in [2.05, 4.69) is 5.10 Å². The zero-order valence-electron chi connectivity index (χ0n) is 14.7. The summed E-state index contributed by atoms with van der Waals surface area (Å²) in [6.07, 6.45) is 5.03. The standard InChI is InChI=1S/C16H26N4O4S/c1-2-8-18(13-7-10-25(23,24)12-13)15(21)11-20-16(22)19-9-5-3-4-6-14(19)17-20/h13H,2-12H2,1H3. The Morgan fingerprint density at radius 3 is 2.80 bits per heavy atom. The Morgan fingerprint density at radius 1 is 1.32 bits per heavy atom. The molecule has 2 aliphatic rings. The fraction of sp³-hybridized carbons (Fsp3) is 0.812. The zero-order valence-corrected chi connectivity index (χ0v) is 15.5. The fourth-order valence-corrected chi connectivity index (χ4v) is 5.45. The molecule has 0 radical (unpaired) electrons. The first-order valence-corrected chi connectivity index (χ1v) is 10.9. The SMILES string of the molecule is CCCN(C(=O)Cn1nc2n(c1=O)CCCCC2)C1CCS(=O)(=O)C1. The number of aromatic nitrogens is 3. The minimum absolute atomic E-state index is 0.0212. The Morgan fingerprint density at radius 2 is 2.12 bits per heavy atom. The summed E-state index contributed by atoms with van der Waals surface area (Å²) in [7, 11) is -3.06. The number of hydrogen-bond donors (Lipinski definition) is 0. The maximum atomic E-state index is 12.8. The second-order valence-electron chi connectivity index (χ2n) is 6.96. The van der Waals surface area contributed by atoms with Crippen molar-refractivity contribution in [3.8, 4) is 0 Å². The average Bonchev–Trinajstić information content (AvgIpc) is 2.95. The number of aryl methyl sites for hydroxylation is 1. The van der Waals surface area contributed by atoms with Gasteiger partial charge in [0.25, 0.3) is 0 Å². The third-order valence-corrected chi connectivity index (χ3v) is 6.75. The van der Waals surface area contributed by atoms with Crippen molar-refractivity contribution in [3.05, 3.63) is 16.3 Å². The van der Waals surface area contributed by atoms with Crippen LogP contribution in [0, 0.1) is 0 Å². The Labute approximate surface area is 147 Å². The molecule has 1 amide bonds. The Bertz CT molecular complexity index is 796. The van der Waals surface area contributed by atoms with Gasteiger partial charge in [-0.05, 0) is 25.7 Å². The maximum absolute atomic E-state index is 12.8. The number of hydrogen-bond acceptors (Lipinski definition) is 5. The molecular weight excluding hydrogens is 344 g/mol. The number of amides is 1. The third-order valence-electron chi connectivity index (χ3n) is 5.00. The summed E-state index contributed by atoms with van der Waals surface area (Å²) in [5, 5.41) is 4.35. The normalized spacial score (nSPS) is 22.4. The van der Waals surface area contributed by atoms with Gasteiger partial charge in [-0.2, -0.15) is 5.10 Å². The van der Waals surface area contributed by atoms with E-state index in [9.17, 15) is 18.0 Å². The molecule has 1 unspecified atom stereocenters. The molecule has 0 N–H and O–H groups in total. The number of rotatable bonds is 5. The van der Waals surface area contributed by atoms with Gasteiger partial charge < -0.3 is 4.90 Å². The van der Waals surface area contributed by atoms with E-state index in [1.54, 1.807) is 9.47 Å². The van der Waals surface area contributed by atoms with Gasteiger partial charge in [-0.1, -0.05) is 13.3 Å². The number of fused-ring (bicyclic) bond motifs is 1. The second kappa shape index (κ2) is 7.31. The van der Waals surface area contributed by atoms with Gasteiger partial charge in [-0.3, -0.25) is 9.36 Å². The van der Waals surface area contributed by atoms with Gasteiger partial charge in [0.2, 0.25) is 5.91 Å². The summed E-state index contributed by atoms with van der Waals surface area (Å²) in [6.45, 7) is 2.99. The maximum Gasteiger partial charge on any atom is 0.346 e. The third kappa shape index (κ3) is 3.96. The van der Waals surface area contributed by atoms with Gasteiger partial charge in [-0.15, -0.1) is 0 Å². The average molecular weight is 370 g/mol. The van der Waals surface area contributed by atoms with Gasteiger partial charge in [0, 0.05) is 25.6 Å². The Balaban J connectivity index is 1.77. The highest BCUT2D eigenvalue weighted by atomic mass is 32.2. The van der Waals surface area contributed by atoms with Crippen molar-refractivity contribution in [3.63, 3.8) is 0 Å². The highest BCUT2D eigenvalue weighted by molar-refractivity contribution is 7.91. The van der Waals surface area contributed by atoms with Gasteiger partial charge in [-0.25, -0.2) is 17.9 Å². The first kappa shape index (κ1) is 18.2. The highest BCUT2D eigenvalue weighted by Crippen LogP contribution is 2.18. The summed E-state index contributed by atoms with van der Waals surface area (Å²) in [5.74, 6) is 0.678. The van der Waals surface area contributed by atoms with Crippen molar-refractivity contribution in [1.29, 1.82) is 0 Å². The van der Waals surface area contributed by atoms with Crippen LogP contribution in [0.15, 0.2) is 4.79 Å². The van der Waals surface area contributed by atoms with Crippen LogP contribution in [0.3, 0.4) is 0 Å². The molecule has 0 saturated carbocycles. The molecule has 1 saturated heterocycles. The predicted octanol–water partition coefficient (Wildman–Crippen LogP) is 0.197. The van der Waals surface area contributed by atoms with E-state index >= 15 is 0 Å². The van der Waals surface area contributed by atoms with Crippen LogP contribution in [0.25, 0.3) is 0 Å². The molecule has 8 nitrogen and oxygen atoms in total. The van der Waals surface area contributed by atoms with Crippen LogP contribution in [-0.2, 0) is 34.1 Å². The minimum atomic E-state index is -3.06. The minimum Gasteiger partial charge on any atom is -0.337 e. The van der Waals surface area contributed by atoms with E-state index in [1.807, 2.05) is 6.92 Å². The molecule has 0 bridgehead atoms. The van der Waals surface area contributed by atoms with Gasteiger partial charge in [0.05, 0.1) is 11.5 Å². The molecule has 140 valence electrons. The molecular formula is C16H26N4O4S. The Hall–Kier alpha value is -1.64. The van der Waals surface area contributed by atoms with Crippen molar-refractivity contribution in [2.75, 3.05) is 18.1 Å². The molecule has 1 aromatic heterocycles. The summed E-state index contributed by atoms with van der Waals surface area (Å²) >= 11 is 0. The van der Waals surface area contributed by atoms with Crippen LogP contribution in [0.5, 0.6) is 0 Å². The highest BCUT2D eigenvalue weighted by Gasteiger charge is 2.34. The smallest absolute Gasteiger partial charge is 0.337 e.